The molecular formula is C14H19N3O2. The second kappa shape index (κ2) is 8.95. The quantitative estimate of drug-likeness (QED) is 0.737. The van der Waals surface area contributed by atoms with Crippen molar-refractivity contribution < 1.29 is 9.53 Å². The minimum Gasteiger partial charge on any atom is -0.478 e. The number of rotatable bonds is 8. The van der Waals surface area contributed by atoms with Gasteiger partial charge in [-0.25, -0.2) is 0 Å². The number of nitrogens with one attached hydrogen (secondary N) is 2. The highest BCUT2D eigenvalue weighted by molar-refractivity contribution is 5.77. The number of benzene rings is 1. The third-order valence-electron chi connectivity index (χ3n) is 2.44. The van der Waals surface area contributed by atoms with Crippen LogP contribution in [-0.4, -0.2) is 25.6 Å². The minimum atomic E-state index is -0.0164. The first-order valence-electron chi connectivity index (χ1n) is 6.33. The summed E-state index contributed by atoms with van der Waals surface area (Å²) in [6.45, 7) is 3.53. The molecule has 0 fully saturated rings. The summed E-state index contributed by atoms with van der Waals surface area (Å²) in [5.41, 5.74) is 0.932. The zero-order chi connectivity index (χ0) is 13.9. The third-order valence-corrected chi connectivity index (χ3v) is 2.44. The Balaban J connectivity index is 2.40. The molecule has 0 saturated carbocycles. The topological polar surface area (TPSA) is 74.2 Å². The van der Waals surface area contributed by atoms with Gasteiger partial charge in [0.15, 0.2) is 6.61 Å². The van der Waals surface area contributed by atoms with Gasteiger partial charge in [0.05, 0.1) is 6.54 Å². The van der Waals surface area contributed by atoms with Crippen molar-refractivity contribution in [3.8, 4) is 11.8 Å². The van der Waals surface area contributed by atoms with Crippen LogP contribution in [0.25, 0.3) is 0 Å². The van der Waals surface area contributed by atoms with Gasteiger partial charge >= 0.3 is 0 Å². The van der Waals surface area contributed by atoms with Gasteiger partial charge in [-0.3, -0.25) is 4.79 Å². The summed E-state index contributed by atoms with van der Waals surface area (Å²) in [4.78, 5) is 11.4. The molecule has 0 aliphatic carbocycles. The standard InChI is InChI=1S/C14H19N3O2/c1-2-8-17-14(18)11-16-10-12-5-3-4-6-13(12)19-9-7-15/h3-6,16H,2,8-11H2,1H3,(H,17,18). The Kier molecular flexibility index (Phi) is 7.06. The maximum Gasteiger partial charge on any atom is 0.233 e. The summed E-state index contributed by atoms with van der Waals surface area (Å²) < 4.78 is 5.31. The van der Waals surface area contributed by atoms with Gasteiger partial charge in [-0.2, -0.15) is 5.26 Å². The van der Waals surface area contributed by atoms with Crippen LogP contribution in [0, 0.1) is 11.3 Å². The molecule has 1 rings (SSSR count). The van der Waals surface area contributed by atoms with Gasteiger partial charge in [-0.15, -0.1) is 0 Å². The molecular weight excluding hydrogens is 242 g/mol. The van der Waals surface area contributed by atoms with E-state index >= 15 is 0 Å². The predicted octanol–water partition coefficient (Wildman–Crippen LogP) is 1.20. The van der Waals surface area contributed by atoms with Crippen molar-refractivity contribution in [2.75, 3.05) is 19.7 Å². The lowest BCUT2D eigenvalue weighted by Gasteiger charge is -2.10. The summed E-state index contributed by atoms with van der Waals surface area (Å²) in [6, 6.07) is 9.40. The normalized spacial score (nSPS) is 9.68. The first-order valence-corrected chi connectivity index (χ1v) is 6.33. The molecule has 0 radical (unpaired) electrons. The molecule has 0 aliphatic heterocycles. The van der Waals surface area contributed by atoms with E-state index in [1.54, 1.807) is 0 Å². The Labute approximate surface area is 113 Å². The molecule has 5 nitrogen and oxygen atoms in total. The summed E-state index contributed by atoms with van der Waals surface area (Å²) in [6.07, 6.45) is 0.927. The average molecular weight is 261 g/mol. The number of para-hydroxylation sites is 1. The van der Waals surface area contributed by atoms with Crippen molar-refractivity contribution >= 4 is 5.91 Å². The zero-order valence-electron chi connectivity index (χ0n) is 11.1. The summed E-state index contributed by atoms with van der Waals surface area (Å²) in [5.74, 6) is 0.655. The molecule has 0 bridgehead atoms. The van der Waals surface area contributed by atoms with Crippen molar-refractivity contribution in [1.29, 1.82) is 5.26 Å². The molecule has 0 saturated heterocycles. The van der Waals surface area contributed by atoms with Crippen LogP contribution in [0.4, 0.5) is 0 Å². The molecule has 0 heterocycles. The van der Waals surface area contributed by atoms with Crippen LogP contribution in [0.3, 0.4) is 0 Å². The second-order valence-corrected chi connectivity index (χ2v) is 4.01. The van der Waals surface area contributed by atoms with Gasteiger partial charge in [-0.1, -0.05) is 25.1 Å². The fourth-order valence-electron chi connectivity index (χ4n) is 1.54. The molecule has 0 spiro atoms. The van der Waals surface area contributed by atoms with Gasteiger partial charge in [0, 0.05) is 18.7 Å². The lowest BCUT2D eigenvalue weighted by Crippen LogP contribution is -2.34. The van der Waals surface area contributed by atoms with E-state index in [1.165, 1.54) is 0 Å². The lowest BCUT2D eigenvalue weighted by molar-refractivity contribution is -0.120. The van der Waals surface area contributed by atoms with Gasteiger partial charge in [0.1, 0.15) is 11.8 Å². The molecule has 0 unspecified atom stereocenters. The fourth-order valence-corrected chi connectivity index (χ4v) is 1.54. The SMILES string of the molecule is CCCNC(=O)CNCc1ccccc1OCC#N. The number of carbonyl (C=O) groups is 1. The Morgan fingerprint density at radius 3 is 2.95 bits per heavy atom. The van der Waals surface area contributed by atoms with E-state index < -0.39 is 0 Å². The summed E-state index contributed by atoms with van der Waals surface area (Å²) in [7, 11) is 0. The van der Waals surface area contributed by atoms with E-state index in [0.29, 0.717) is 18.8 Å². The van der Waals surface area contributed by atoms with Crippen molar-refractivity contribution in [3.05, 3.63) is 29.8 Å². The van der Waals surface area contributed by atoms with Gasteiger partial charge in [-0.05, 0) is 12.5 Å². The van der Waals surface area contributed by atoms with Crippen LogP contribution in [-0.2, 0) is 11.3 Å². The minimum absolute atomic E-state index is 0.0164. The predicted molar refractivity (Wildman–Crippen MR) is 72.6 cm³/mol. The van der Waals surface area contributed by atoms with Crippen LogP contribution in [0.2, 0.25) is 0 Å². The van der Waals surface area contributed by atoms with Crippen molar-refractivity contribution in [3.63, 3.8) is 0 Å². The van der Waals surface area contributed by atoms with E-state index in [0.717, 1.165) is 12.0 Å². The zero-order valence-corrected chi connectivity index (χ0v) is 11.1. The molecule has 5 heteroatoms. The molecule has 0 atom stereocenters. The highest BCUT2D eigenvalue weighted by atomic mass is 16.5. The first kappa shape index (κ1) is 15.0. The maximum atomic E-state index is 11.4. The number of nitriles is 1. The molecule has 2 N–H and O–H groups in total. The molecule has 0 aliphatic rings. The van der Waals surface area contributed by atoms with Crippen LogP contribution in [0.1, 0.15) is 18.9 Å². The Morgan fingerprint density at radius 1 is 1.42 bits per heavy atom. The van der Waals surface area contributed by atoms with E-state index in [2.05, 4.69) is 10.6 Å². The number of hydrogen-bond acceptors (Lipinski definition) is 4. The van der Waals surface area contributed by atoms with Crippen LogP contribution in [0.15, 0.2) is 24.3 Å². The second-order valence-electron chi connectivity index (χ2n) is 4.01. The summed E-state index contributed by atoms with van der Waals surface area (Å²) >= 11 is 0. The summed E-state index contributed by atoms with van der Waals surface area (Å²) in [5, 5.41) is 14.4. The van der Waals surface area contributed by atoms with Gasteiger partial charge in [0.2, 0.25) is 5.91 Å². The number of ether oxygens (including phenoxy) is 1. The number of hydrogen-bond donors (Lipinski definition) is 2. The van der Waals surface area contributed by atoms with E-state index in [4.69, 9.17) is 10.00 Å². The number of amides is 1. The van der Waals surface area contributed by atoms with Crippen molar-refractivity contribution in [1.82, 2.24) is 10.6 Å². The molecule has 1 amide bonds. The highest BCUT2D eigenvalue weighted by Crippen LogP contribution is 2.17. The Bertz CT molecular complexity index is 441. The number of nitrogens with zero attached hydrogens (tertiary/aromatic N) is 1. The number of carbonyl (C=O) groups excluding carboxylic acids is 1. The molecule has 1 aromatic rings. The highest BCUT2D eigenvalue weighted by Gasteiger charge is 2.04. The third kappa shape index (κ3) is 5.89. The van der Waals surface area contributed by atoms with Gasteiger partial charge in [0.25, 0.3) is 0 Å². The monoisotopic (exact) mass is 261 g/mol. The maximum absolute atomic E-state index is 11.4. The smallest absolute Gasteiger partial charge is 0.233 e. The van der Waals surface area contributed by atoms with Crippen LogP contribution >= 0.6 is 0 Å². The van der Waals surface area contributed by atoms with Gasteiger partial charge < -0.3 is 15.4 Å². The molecule has 1 aromatic carbocycles. The first-order chi connectivity index (χ1) is 9.27. The Hall–Kier alpha value is -2.06. The van der Waals surface area contributed by atoms with Crippen LogP contribution < -0.4 is 15.4 Å². The fraction of sp³-hybridized carbons (Fsp3) is 0.429. The largest absolute Gasteiger partial charge is 0.478 e. The Morgan fingerprint density at radius 2 is 2.21 bits per heavy atom. The van der Waals surface area contributed by atoms with E-state index in [-0.39, 0.29) is 19.1 Å². The van der Waals surface area contributed by atoms with Crippen molar-refractivity contribution in [2.24, 2.45) is 0 Å². The molecule has 19 heavy (non-hydrogen) atoms. The molecule has 102 valence electrons. The molecule has 0 aromatic heterocycles. The average Bonchev–Trinajstić information content (AvgIpc) is 2.44. The van der Waals surface area contributed by atoms with E-state index in [1.807, 2.05) is 37.3 Å². The van der Waals surface area contributed by atoms with Crippen molar-refractivity contribution in [2.45, 2.75) is 19.9 Å². The van der Waals surface area contributed by atoms with E-state index in [9.17, 15) is 4.79 Å². The lowest BCUT2D eigenvalue weighted by atomic mass is 10.2. The van der Waals surface area contributed by atoms with Crippen LogP contribution in [0.5, 0.6) is 5.75 Å².